The minimum atomic E-state index is -0.845. The monoisotopic (exact) mass is 343 g/mol. The van der Waals surface area contributed by atoms with Crippen molar-refractivity contribution in [3.8, 4) is 17.2 Å². The molecule has 0 spiro atoms. The number of ether oxygens (including phenoxy) is 3. The molecule has 0 N–H and O–H groups in total. The third kappa shape index (κ3) is 3.52. The smallest absolute Gasteiger partial charge is 0.257 e. The number of fused-ring (bicyclic) bond motifs is 1. The Morgan fingerprint density at radius 3 is 2.56 bits per heavy atom. The van der Waals surface area contributed by atoms with Crippen LogP contribution in [0.3, 0.4) is 0 Å². The molecule has 132 valence electrons. The van der Waals surface area contributed by atoms with Gasteiger partial charge in [-0.15, -0.1) is 0 Å². The molecular weight excluding hydrogens is 322 g/mol. The van der Waals surface area contributed by atoms with E-state index in [-0.39, 0.29) is 4.92 Å². The third-order valence-electron chi connectivity index (χ3n) is 4.17. The fraction of sp³-hybridized carbons (Fsp3) is 0.368. The number of hydrogen-bond acceptors (Lipinski definition) is 5. The van der Waals surface area contributed by atoms with E-state index in [1.165, 1.54) is 0 Å². The first-order valence-corrected chi connectivity index (χ1v) is 8.41. The van der Waals surface area contributed by atoms with Crippen LogP contribution >= 0.6 is 0 Å². The van der Waals surface area contributed by atoms with Crippen molar-refractivity contribution in [2.75, 3.05) is 13.2 Å². The van der Waals surface area contributed by atoms with Gasteiger partial charge >= 0.3 is 0 Å². The lowest BCUT2D eigenvalue weighted by Crippen LogP contribution is -2.36. The predicted octanol–water partition coefficient (Wildman–Crippen LogP) is 3.81. The van der Waals surface area contributed by atoms with Crippen LogP contribution in [0.4, 0.5) is 0 Å². The summed E-state index contributed by atoms with van der Waals surface area (Å²) < 4.78 is 17.2. The van der Waals surface area contributed by atoms with Crippen LogP contribution in [-0.2, 0) is 6.42 Å². The first-order chi connectivity index (χ1) is 12.1. The highest BCUT2D eigenvalue weighted by Crippen LogP contribution is 2.39. The molecule has 0 amide bonds. The van der Waals surface area contributed by atoms with Crippen LogP contribution in [-0.4, -0.2) is 24.2 Å². The number of rotatable bonds is 6. The number of hydrogen-bond donors (Lipinski definition) is 0. The van der Waals surface area contributed by atoms with Crippen LogP contribution in [0.25, 0.3) is 0 Å². The summed E-state index contributed by atoms with van der Waals surface area (Å²) >= 11 is 0. The van der Waals surface area contributed by atoms with Gasteiger partial charge in [0.15, 0.2) is 17.6 Å². The van der Waals surface area contributed by atoms with E-state index >= 15 is 0 Å². The zero-order valence-electron chi connectivity index (χ0n) is 14.3. The molecule has 2 aromatic rings. The van der Waals surface area contributed by atoms with Gasteiger partial charge in [0.2, 0.25) is 0 Å². The molecule has 0 saturated carbocycles. The maximum absolute atomic E-state index is 11.6. The molecule has 2 atom stereocenters. The molecule has 0 fully saturated rings. The Morgan fingerprint density at radius 1 is 1.12 bits per heavy atom. The normalized spacial score (nSPS) is 18.8. The molecule has 1 aliphatic rings. The van der Waals surface area contributed by atoms with Gasteiger partial charge < -0.3 is 14.2 Å². The van der Waals surface area contributed by atoms with E-state index < -0.39 is 12.1 Å². The Morgan fingerprint density at radius 2 is 1.84 bits per heavy atom. The molecule has 25 heavy (non-hydrogen) atoms. The highest BCUT2D eigenvalue weighted by Gasteiger charge is 2.39. The average molecular weight is 343 g/mol. The van der Waals surface area contributed by atoms with Crippen LogP contribution in [0.1, 0.15) is 31.1 Å². The lowest BCUT2D eigenvalue weighted by molar-refractivity contribution is -0.535. The summed E-state index contributed by atoms with van der Waals surface area (Å²) in [5, 5.41) is 11.6. The van der Waals surface area contributed by atoms with Crippen LogP contribution in [0.15, 0.2) is 42.5 Å². The molecule has 0 aromatic heterocycles. The molecule has 1 heterocycles. The number of para-hydroxylation sites is 1. The van der Waals surface area contributed by atoms with Crippen LogP contribution in [0, 0.1) is 10.1 Å². The van der Waals surface area contributed by atoms with Gasteiger partial charge in [0, 0.05) is 22.5 Å². The van der Waals surface area contributed by atoms with Crippen molar-refractivity contribution in [3.63, 3.8) is 0 Å². The van der Waals surface area contributed by atoms with Crippen molar-refractivity contribution in [1.82, 2.24) is 0 Å². The Labute approximate surface area is 146 Å². The average Bonchev–Trinajstić information content (AvgIpc) is 2.62. The quantitative estimate of drug-likeness (QED) is 0.589. The molecule has 0 aliphatic carbocycles. The zero-order valence-corrected chi connectivity index (χ0v) is 14.3. The fourth-order valence-corrected chi connectivity index (χ4v) is 3.06. The maximum atomic E-state index is 11.6. The van der Waals surface area contributed by atoms with Crippen LogP contribution in [0.5, 0.6) is 17.2 Å². The summed E-state index contributed by atoms with van der Waals surface area (Å²) in [6.07, 6.45) is -0.329. The molecule has 0 saturated heterocycles. The Hall–Kier alpha value is -2.76. The Kier molecular flexibility index (Phi) is 5.07. The highest BCUT2D eigenvalue weighted by molar-refractivity contribution is 5.45. The summed E-state index contributed by atoms with van der Waals surface area (Å²) in [6.45, 7) is 4.78. The minimum absolute atomic E-state index is 0.266. The van der Waals surface area contributed by atoms with Crippen molar-refractivity contribution < 1.29 is 19.1 Å². The van der Waals surface area contributed by atoms with Crippen molar-refractivity contribution in [3.05, 3.63) is 63.7 Å². The van der Waals surface area contributed by atoms with Gasteiger partial charge in [0.05, 0.1) is 13.2 Å². The van der Waals surface area contributed by atoms with Crippen LogP contribution < -0.4 is 14.2 Å². The van der Waals surface area contributed by atoms with Crippen molar-refractivity contribution in [2.24, 2.45) is 0 Å². The first-order valence-electron chi connectivity index (χ1n) is 8.41. The summed E-state index contributed by atoms with van der Waals surface area (Å²) in [7, 11) is 0. The third-order valence-corrected chi connectivity index (χ3v) is 4.17. The SMILES string of the molecule is CCOc1ccc([C@@H]2Oc3ccccc3C[C@H]2[N+](=O)[O-])cc1OCC. The number of nitro groups is 1. The van der Waals surface area contributed by atoms with Crippen molar-refractivity contribution >= 4 is 0 Å². The summed E-state index contributed by atoms with van der Waals surface area (Å²) in [5.41, 5.74) is 1.57. The Bertz CT molecular complexity index is 761. The summed E-state index contributed by atoms with van der Waals surface area (Å²) in [6, 6.07) is 12.0. The maximum Gasteiger partial charge on any atom is 0.257 e. The molecular formula is C19H21NO5. The number of benzene rings is 2. The van der Waals surface area contributed by atoms with E-state index in [2.05, 4.69) is 0 Å². The molecule has 6 nitrogen and oxygen atoms in total. The molecule has 0 radical (unpaired) electrons. The molecule has 3 rings (SSSR count). The van der Waals surface area contributed by atoms with E-state index in [0.717, 1.165) is 5.56 Å². The topological polar surface area (TPSA) is 70.8 Å². The van der Waals surface area contributed by atoms with Gasteiger partial charge in [-0.1, -0.05) is 24.3 Å². The van der Waals surface area contributed by atoms with Gasteiger partial charge in [-0.3, -0.25) is 10.1 Å². The van der Waals surface area contributed by atoms with Gasteiger partial charge in [-0.25, -0.2) is 0 Å². The van der Waals surface area contributed by atoms with E-state index in [1.807, 2.05) is 44.2 Å². The minimum Gasteiger partial charge on any atom is -0.490 e. The van der Waals surface area contributed by atoms with Crippen molar-refractivity contribution in [1.29, 1.82) is 0 Å². The Balaban J connectivity index is 1.98. The zero-order chi connectivity index (χ0) is 17.8. The lowest BCUT2D eigenvalue weighted by atomic mass is 9.93. The van der Waals surface area contributed by atoms with Crippen LogP contribution in [0.2, 0.25) is 0 Å². The summed E-state index contributed by atoms with van der Waals surface area (Å²) in [4.78, 5) is 11.3. The van der Waals surface area contributed by atoms with E-state index in [0.29, 0.717) is 42.4 Å². The number of nitrogens with zero attached hydrogens (tertiary/aromatic N) is 1. The summed E-state index contributed by atoms with van der Waals surface area (Å²) in [5.74, 6) is 1.89. The fourth-order valence-electron chi connectivity index (χ4n) is 3.06. The molecule has 1 aliphatic heterocycles. The standard InChI is InChI=1S/C19H21NO5/c1-3-23-17-10-9-14(12-18(17)24-4-2)19-15(20(21)22)11-13-7-5-6-8-16(13)25-19/h5-10,12,15,19H,3-4,11H2,1-2H3/t15-,19+/m1/s1. The largest absolute Gasteiger partial charge is 0.490 e. The predicted molar refractivity (Wildman–Crippen MR) is 93.1 cm³/mol. The molecule has 6 heteroatoms. The second kappa shape index (κ2) is 7.42. The highest BCUT2D eigenvalue weighted by atomic mass is 16.6. The van der Waals surface area contributed by atoms with Gasteiger partial charge in [-0.05, 0) is 32.0 Å². The van der Waals surface area contributed by atoms with Gasteiger partial charge in [-0.2, -0.15) is 0 Å². The molecule has 0 bridgehead atoms. The van der Waals surface area contributed by atoms with E-state index in [9.17, 15) is 10.1 Å². The second-order valence-electron chi connectivity index (χ2n) is 5.78. The lowest BCUT2D eigenvalue weighted by Gasteiger charge is -2.29. The van der Waals surface area contributed by atoms with E-state index in [4.69, 9.17) is 14.2 Å². The molecule has 0 unspecified atom stereocenters. The molecule has 2 aromatic carbocycles. The first kappa shape index (κ1) is 17.1. The van der Waals surface area contributed by atoms with Gasteiger partial charge in [0.1, 0.15) is 5.75 Å². The van der Waals surface area contributed by atoms with Crippen molar-refractivity contribution in [2.45, 2.75) is 32.4 Å². The second-order valence-corrected chi connectivity index (χ2v) is 5.78. The van der Waals surface area contributed by atoms with Gasteiger partial charge in [0.25, 0.3) is 6.04 Å². The van der Waals surface area contributed by atoms with E-state index in [1.54, 1.807) is 12.1 Å².